The van der Waals surface area contributed by atoms with E-state index in [2.05, 4.69) is 5.32 Å². The van der Waals surface area contributed by atoms with E-state index in [1.807, 2.05) is 0 Å². The number of furan rings is 1. The van der Waals surface area contributed by atoms with Crippen LogP contribution in [-0.4, -0.2) is 5.91 Å². The minimum absolute atomic E-state index is 0.145. The molecule has 0 aliphatic heterocycles. The van der Waals surface area contributed by atoms with Gasteiger partial charge in [0.2, 0.25) is 5.91 Å². The number of anilines is 1. The third-order valence-electron chi connectivity index (χ3n) is 1.11. The molecule has 11 heavy (non-hydrogen) atoms. The van der Waals surface area contributed by atoms with Crippen molar-refractivity contribution in [3.8, 4) is 0 Å². The van der Waals surface area contributed by atoms with Crippen LogP contribution in [0.1, 0.15) is 6.92 Å². The van der Waals surface area contributed by atoms with E-state index in [-0.39, 0.29) is 5.91 Å². The zero-order valence-corrected chi connectivity index (χ0v) is 6.20. The second kappa shape index (κ2) is 3.61. The maximum Gasteiger partial charge on any atom is 0.248 e. The fourth-order valence-electron chi connectivity index (χ4n) is 0.671. The van der Waals surface area contributed by atoms with E-state index in [9.17, 15) is 4.79 Å². The third kappa shape index (κ3) is 2.29. The van der Waals surface area contributed by atoms with Gasteiger partial charge in [-0.25, -0.2) is 0 Å². The average molecular weight is 151 g/mol. The molecule has 0 unspecified atom stereocenters. The van der Waals surface area contributed by atoms with E-state index in [4.69, 9.17) is 4.42 Å². The molecule has 1 aromatic heterocycles. The lowest BCUT2D eigenvalue weighted by molar-refractivity contribution is -0.111. The van der Waals surface area contributed by atoms with Crippen molar-refractivity contribution in [2.75, 3.05) is 5.32 Å². The van der Waals surface area contributed by atoms with Gasteiger partial charge in [-0.1, -0.05) is 6.08 Å². The minimum Gasteiger partial charge on any atom is -0.470 e. The van der Waals surface area contributed by atoms with Crippen LogP contribution in [-0.2, 0) is 4.79 Å². The molecule has 0 atom stereocenters. The molecular formula is C8H9NO2. The molecule has 0 radical (unpaired) electrons. The van der Waals surface area contributed by atoms with Crippen molar-refractivity contribution in [2.45, 2.75) is 6.92 Å². The van der Waals surface area contributed by atoms with Crippen LogP contribution < -0.4 is 5.32 Å². The first-order chi connectivity index (χ1) is 5.33. The molecule has 58 valence electrons. The summed E-state index contributed by atoms with van der Waals surface area (Å²) in [5, 5.41) is 2.60. The van der Waals surface area contributed by atoms with Crippen LogP contribution in [0, 0.1) is 0 Å². The molecule has 1 rings (SSSR count). The Bertz CT molecular complexity index is 249. The first-order valence-electron chi connectivity index (χ1n) is 3.29. The van der Waals surface area contributed by atoms with Crippen molar-refractivity contribution in [1.82, 2.24) is 0 Å². The number of hydrogen-bond donors (Lipinski definition) is 1. The molecule has 1 heterocycles. The van der Waals surface area contributed by atoms with Crippen molar-refractivity contribution in [2.24, 2.45) is 0 Å². The summed E-state index contributed by atoms with van der Waals surface area (Å²) in [5.41, 5.74) is 0.674. The molecule has 1 N–H and O–H groups in total. The smallest absolute Gasteiger partial charge is 0.248 e. The molecule has 1 aromatic rings. The summed E-state index contributed by atoms with van der Waals surface area (Å²) in [6.45, 7) is 1.79. The topological polar surface area (TPSA) is 42.2 Å². The number of carbonyl (C=O) groups excluding carboxylic acids is 1. The fourth-order valence-corrected chi connectivity index (χ4v) is 0.671. The van der Waals surface area contributed by atoms with Gasteiger partial charge in [-0.3, -0.25) is 4.79 Å². The zero-order valence-electron chi connectivity index (χ0n) is 6.20. The van der Waals surface area contributed by atoms with Gasteiger partial charge in [-0.15, -0.1) is 0 Å². The predicted molar refractivity (Wildman–Crippen MR) is 42.2 cm³/mol. The van der Waals surface area contributed by atoms with Gasteiger partial charge < -0.3 is 9.73 Å². The number of hydrogen-bond acceptors (Lipinski definition) is 2. The highest BCUT2D eigenvalue weighted by atomic mass is 16.3. The molecule has 0 saturated carbocycles. The maximum atomic E-state index is 10.9. The summed E-state index contributed by atoms with van der Waals surface area (Å²) in [4.78, 5) is 10.9. The highest BCUT2D eigenvalue weighted by Crippen LogP contribution is 2.05. The standard InChI is InChI=1S/C8H9NO2/c1-2-3-8(10)9-7-4-5-11-6-7/h2-6H,1H3,(H,9,10)/b3-2+. The van der Waals surface area contributed by atoms with Crippen LogP contribution in [0.2, 0.25) is 0 Å². The van der Waals surface area contributed by atoms with E-state index < -0.39 is 0 Å². The Hall–Kier alpha value is -1.51. The van der Waals surface area contributed by atoms with Crippen LogP contribution in [0.25, 0.3) is 0 Å². The van der Waals surface area contributed by atoms with Gasteiger partial charge in [-0.05, 0) is 19.1 Å². The van der Waals surface area contributed by atoms with Crippen molar-refractivity contribution in [3.05, 3.63) is 30.7 Å². The Labute approximate surface area is 64.7 Å². The Balaban J connectivity index is 2.50. The van der Waals surface area contributed by atoms with E-state index in [1.165, 1.54) is 18.6 Å². The van der Waals surface area contributed by atoms with Crippen molar-refractivity contribution in [3.63, 3.8) is 0 Å². The highest BCUT2D eigenvalue weighted by Gasteiger charge is 1.96. The number of allylic oxidation sites excluding steroid dienone is 1. The summed E-state index contributed by atoms with van der Waals surface area (Å²) in [7, 11) is 0. The average Bonchev–Trinajstić information content (AvgIpc) is 2.40. The molecule has 1 amide bonds. The monoisotopic (exact) mass is 151 g/mol. The predicted octanol–water partition coefficient (Wildman–Crippen LogP) is 1.79. The Morgan fingerprint density at radius 1 is 1.73 bits per heavy atom. The Morgan fingerprint density at radius 2 is 2.55 bits per heavy atom. The van der Waals surface area contributed by atoms with Crippen LogP contribution in [0.3, 0.4) is 0 Å². The van der Waals surface area contributed by atoms with Crippen LogP contribution in [0.4, 0.5) is 5.69 Å². The van der Waals surface area contributed by atoms with Crippen LogP contribution in [0.5, 0.6) is 0 Å². The van der Waals surface area contributed by atoms with Crippen LogP contribution in [0.15, 0.2) is 35.2 Å². The van der Waals surface area contributed by atoms with Gasteiger partial charge in [0, 0.05) is 0 Å². The third-order valence-corrected chi connectivity index (χ3v) is 1.11. The van der Waals surface area contributed by atoms with Gasteiger partial charge in [0.1, 0.15) is 6.26 Å². The second-order valence-corrected chi connectivity index (χ2v) is 2.00. The fraction of sp³-hybridized carbons (Fsp3) is 0.125. The molecule has 3 heteroatoms. The largest absolute Gasteiger partial charge is 0.470 e. The first-order valence-corrected chi connectivity index (χ1v) is 3.29. The number of rotatable bonds is 2. The van der Waals surface area contributed by atoms with Gasteiger partial charge in [0.05, 0.1) is 12.0 Å². The minimum atomic E-state index is -0.145. The van der Waals surface area contributed by atoms with E-state index in [0.717, 1.165) is 0 Å². The molecule has 0 saturated heterocycles. The van der Waals surface area contributed by atoms with Gasteiger partial charge in [0.15, 0.2) is 0 Å². The van der Waals surface area contributed by atoms with E-state index in [0.29, 0.717) is 5.69 Å². The highest BCUT2D eigenvalue weighted by molar-refractivity contribution is 5.98. The molecular weight excluding hydrogens is 142 g/mol. The summed E-state index contributed by atoms with van der Waals surface area (Å²) in [6.07, 6.45) is 6.11. The van der Waals surface area contributed by atoms with E-state index in [1.54, 1.807) is 19.1 Å². The molecule has 0 aromatic carbocycles. The van der Waals surface area contributed by atoms with Crippen molar-refractivity contribution < 1.29 is 9.21 Å². The van der Waals surface area contributed by atoms with Gasteiger partial charge >= 0.3 is 0 Å². The first kappa shape index (κ1) is 7.60. The molecule has 0 bridgehead atoms. The molecule has 0 fully saturated rings. The van der Waals surface area contributed by atoms with Crippen LogP contribution >= 0.6 is 0 Å². The summed E-state index contributed by atoms with van der Waals surface area (Å²) in [5.74, 6) is -0.145. The number of nitrogens with one attached hydrogen (secondary N) is 1. The molecule has 0 spiro atoms. The lowest BCUT2D eigenvalue weighted by Crippen LogP contribution is -2.06. The normalized spacial score (nSPS) is 10.3. The van der Waals surface area contributed by atoms with Gasteiger partial charge in [-0.2, -0.15) is 0 Å². The zero-order chi connectivity index (χ0) is 8.10. The quantitative estimate of drug-likeness (QED) is 0.655. The summed E-state index contributed by atoms with van der Waals surface area (Å²) in [6, 6.07) is 1.68. The summed E-state index contributed by atoms with van der Waals surface area (Å²) < 4.78 is 4.75. The number of amides is 1. The lowest BCUT2D eigenvalue weighted by atomic mass is 10.4. The van der Waals surface area contributed by atoms with E-state index >= 15 is 0 Å². The Morgan fingerprint density at radius 3 is 3.09 bits per heavy atom. The molecule has 0 aliphatic carbocycles. The number of carbonyl (C=O) groups is 1. The molecule has 0 aliphatic rings. The SMILES string of the molecule is C/C=C/C(=O)Nc1ccoc1. The summed E-state index contributed by atoms with van der Waals surface area (Å²) >= 11 is 0. The second-order valence-electron chi connectivity index (χ2n) is 2.00. The van der Waals surface area contributed by atoms with Gasteiger partial charge in [0.25, 0.3) is 0 Å². The lowest BCUT2D eigenvalue weighted by Gasteiger charge is -1.93. The molecule has 3 nitrogen and oxygen atoms in total. The van der Waals surface area contributed by atoms with Crippen molar-refractivity contribution in [1.29, 1.82) is 0 Å². The van der Waals surface area contributed by atoms with Crippen molar-refractivity contribution >= 4 is 11.6 Å². The maximum absolute atomic E-state index is 10.9. The Kier molecular flexibility index (Phi) is 2.49.